The Morgan fingerprint density at radius 2 is 2.12 bits per heavy atom. The number of methoxy groups -OCH3 is 2. The van der Waals surface area contributed by atoms with Crippen molar-refractivity contribution in [1.29, 1.82) is 0 Å². The lowest BCUT2D eigenvalue weighted by molar-refractivity contribution is -0.0497. The molecule has 1 aromatic heterocycles. The van der Waals surface area contributed by atoms with Crippen LogP contribution in [0.1, 0.15) is 5.69 Å². The van der Waals surface area contributed by atoms with Gasteiger partial charge in [-0.2, -0.15) is 8.78 Å². The molecule has 3 rings (SSSR count). The molecule has 2 atom stereocenters. The molecule has 0 saturated heterocycles. The highest BCUT2D eigenvalue weighted by molar-refractivity contribution is 7.85. The van der Waals surface area contributed by atoms with Crippen molar-refractivity contribution in [1.82, 2.24) is 4.98 Å². The van der Waals surface area contributed by atoms with Gasteiger partial charge in [-0.1, -0.05) is 6.07 Å². The molecule has 0 radical (unpaired) electrons. The standard InChI is InChI=1S/C16H16F2N3O4S/c1-23-13-5-6-19-12(14(13)24-2)8-26(22)16-20-10-4-3-9(25-15(17)18)7-11(10)21-16/h3-7,15-16,21H,8H2,1-2H3/q-1/t16-,26-/m1/s1. The maximum atomic E-state index is 12.7. The molecule has 0 fully saturated rings. The van der Waals surface area contributed by atoms with E-state index in [2.05, 4.69) is 20.4 Å². The number of pyridine rings is 1. The van der Waals surface area contributed by atoms with Crippen LogP contribution >= 0.6 is 0 Å². The maximum absolute atomic E-state index is 12.7. The van der Waals surface area contributed by atoms with E-state index < -0.39 is 22.9 Å². The van der Waals surface area contributed by atoms with Crippen LogP contribution in [0.3, 0.4) is 0 Å². The number of alkyl halides is 2. The molecule has 0 bridgehead atoms. The average Bonchev–Trinajstić information content (AvgIpc) is 3.04. The van der Waals surface area contributed by atoms with Crippen LogP contribution in [-0.2, 0) is 16.6 Å². The molecular formula is C16H16F2N3O4S-. The quantitative estimate of drug-likeness (QED) is 0.788. The summed E-state index contributed by atoms with van der Waals surface area (Å²) in [6, 6.07) is 5.95. The predicted octanol–water partition coefficient (Wildman–Crippen LogP) is 3.36. The summed E-state index contributed by atoms with van der Waals surface area (Å²) in [5.41, 5.74) is 0.743. The maximum Gasteiger partial charge on any atom is 0.387 e. The molecule has 1 aliphatic rings. The van der Waals surface area contributed by atoms with E-state index in [0.717, 1.165) is 0 Å². The van der Waals surface area contributed by atoms with E-state index >= 15 is 0 Å². The highest BCUT2D eigenvalue weighted by atomic mass is 32.2. The molecule has 2 aromatic rings. The Hall–Kier alpha value is -2.62. The molecule has 1 N–H and O–H groups in total. The number of nitrogens with zero attached hydrogens (tertiary/aromatic N) is 2. The normalized spacial score (nSPS) is 16.4. The second-order valence-electron chi connectivity index (χ2n) is 5.20. The number of aromatic nitrogens is 1. The summed E-state index contributed by atoms with van der Waals surface area (Å²) in [4.78, 5) is 4.19. The van der Waals surface area contributed by atoms with Crippen LogP contribution in [0.5, 0.6) is 17.2 Å². The van der Waals surface area contributed by atoms with Crippen molar-refractivity contribution in [3.05, 3.63) is 41.5 Å². The fraction of sp³-hybridized carbons (Fsp3) is 0.312. The van der Waals surface area contributed by atoms with Crippen LogP contribution < -0.4 is 19.5 Å². The number of hydrogen-bond acceptors (Lipinski definition) is 6. The first-order valence-electron chi connectivity index (χ1n) is 7.51. The molecule has 1 aliphatic heterocycles. The summed E-state index contributed by atoms with van der Waals surface area (Å²) in [7, 11) is 1.50. The van der Waals surface area contributed by atoms with Gasteiger partial charge in [0.25, 0.3) is 0 Å². The zero-order chi connectivity index (χ0) is 18.7. The third kappa shape index (κ3) is 3.79. The van der Waals surface area contributed by atoms with Crippen molar-refractivity contribution >= 4 is 22.2 Å². The third-order valence-corrected chi connectivity index (χ3v) is 4.90. The van der Waals surface area contributed by atoms with Crippen LogP contribution in [0.25, 0.3) is 5.32 Å². The molecule has 0 amide bonds. The first-order chi connectivity index (χ1) is 12.5. The number of anilines is 1. The minimum absolute atomic E-state index is 0.00372. The highest BCUT2D eigenvalue weighted by Crippen LogP contribution is 2.42. The summed E-state index contributed by atoms with van der Waals surface area (Å²) in [5, 5.41) is 7.25. The second kappa shape index (κ2) is 7.73. The largest absolute Gasteiger partial charge is 0.653 e. The minimum atomic E-state index is -2.91. The lowest BCUT2D eigenvalue weighted by atomic mass is 10.2. The van der Waals surface area contributed by atoms with Crippen molar-refractivity contribution in [2.24, 2.45) is 0 Å². The number of ether oxygens (including phenoxy) is 3. The van der Waals surface area contributed by atoms with Crippen molar-refractivity contribution in [3.63, 3.8) is 0 Å². The molecule has 26 heavy (non-hydrogen) atoms. The van der Waals surface area contributed by atoms with Crippen LogP contribution in [0.15, 0.2) is 30.5 Å². The summed E-state index contributed by atoms with van der Waals surface area (Å²) in [5.74, 6) is 0.981. The fourth-order valence-electron chi connectivity index (χ4n) is 2.50. The SMILES string of the molecule is COc1ccnc(C[S@@](=O)[C@@H]2[N-]c3ccc(OC(F)F)cc3N2)c1OC. The molecule has 140 valence electrons. The van der Waals surface area contributed by atoms with Gasteiger partial charge >= 0.3 is 6.61 Å². The van der Waals surface area contributed by atoms with Crippen LogP contribution in [0.4, 0.5) is 20.2 Å². The van der Waals surface area contributed by atoms with Gasteiger partial charge in [0, 0.05) is 40.3 Å². The smallest absolute Gasteiger partial charge is 0.387 e. The number of hydrogen-bond donors (Lipinski definition) is 1. The first-order valence-corrected chi connectivity index (χ1v) is 8.89. The van der Waals surface area contributed by atoms with Gasteiger partial charge in [0.2, 0.25) is 0 Å². The third-order valence-electron chi connectivity index (χ3n) is 3.62. The van der Waals surface area contributed by atoms with Gasteiger partial charge in [-0.05, 0) is 6.07 Å². The van der Waals surface area contributed by atoms with Gasteiger partial charge in [0.1, 0.15) is 5.75 Å². The first kappa shape index (κ1) is 18.2. The Balaban J connectivity index is 1.72. The number of halogens is 2. The Kier molecular flexibility index (Phi) is 5.40. The van der Waals surface area contributed by atoms with E-state index in [1.807, 2.05) is 0 Å². The summed E-state index contributed by atoms with van der Waals surface area (Å²) in [6.45, 7) is -2.91. The van der Waals surface area contributed by atoms with Gasteiger partial charge in [-0.3, -0.25) is 9.19 Å². The Bertz CT molecular complexity index is 822. The van der Waals surface area contributed by atoms with E-state index in [0.29, 0.717) is 28.6 Å². The van der Waals surface area contributed by atoms with E-state index in [1.54, 1.807) is 6.07 Å². The molecule has 1 aromatic carbocycles. The van der Waals surface area contributed by atoms with Crippen molar-refractivity contribution < 1.29 is 27.2 Å². The van der Waals surface area contributed by atoms with Gasteiger partial charge in [-0.25, -0.2) is 0 Å². The van der Waals surface area contributed by atoms with E-state index in [9.17, 15) is 13.0 Å². The number of fused-ring (bicyclic) bond motifs is 1. The molecule has 7 nitrogen and oxygen atoms in total. The topological polar surface area (TPSA) is 83.8 Å². The molecule has 0 saturated carbocycles. The molecular weight excluding hydrogens is 368 g/mol. The lowest BCUT2D eigenvalue weighted by Crippen LogP contribution is -2.21. The predicted molar refractivity (Wildman–Crippen MR) is 92.7 cm³/mol. The number of nitrogens with one attached hydrogen (secondary N) is 1. The highest BCUT2D eigenvalue weighted by Gasteiger charge is 2.20. The van der Waals surface area contributed by atoms with Gasteiger partial charge in [0.05, 0.1) is 25.7 Å². The number of benzene rings is 1. The molecule has 0 spiro atoms. The van der Waals surface area contributed by atoms with Crippen molar-refractivity contribution in [2.45, 2.75) is 17.9 Å². The Morgan fingerprint density at radius 1 is 1.31 bits per heavy atom. The summed E-state index contributed by atoms with van der Waals surface area (Å²) in [6.07, 6.45) is 1.54. The second-order valence-corrected chi connectivity index (χ2v) is 6.70. The lowest BCUT2D eigenvalue weighted by Gasteiger charge is -2.24. The van der Waals surface area contributed by atoms with Crippen molar-refractivity contribution in [3.8, 4) is 17.2 Å². The van der Waals surface area contributed by atoms with Crippen molar-refractivity contribution in [2.75, 3.05) is 19.5 Å². The van der Waals surface area contributed by atoms with Gasteiger partial charge in [-0.15, -0.1) is 5.69 Å². The van der Waals surface area contributed by atoms with Crippen LogP contribution in [0.2, 0.25) is 0 Å². The monoisotopic (exact) mass is 384 g/mol. The summed E-state index contributed by atoms with van der Waals surface area (Å²) < 4.78 is 52.1. The fourth-order valence-corrected chi connectivity index (χ4v) is 3.63. The van der Waals surface area contributed by atoms with Crippen LogP contribution in [0, 0.1) is 0 Å². The molecule has 2 heterocycles. The van der Waals surface area contributed by atoms with Crippen LogP contribution in [-0.4, -0.2) is 35.5 Å². The zero-order valence-electron chi connectivity index (χ0n) is 13.9. The van der Waals surface area contributed by atoms with Gasteiger partial charge in [0.15, 0.2) is 11.5 Å². The van der Waals surface area contributed by atoms with E-state index in [1.165, 1.54) is 38.6 Å². The molecule has 0 aliphatic carbocycles. The molecule has 0 unspecified atom stereocenters. The number of rotatable bonds is 7. The molecule has 10 heteroatoms. The average molecular weight is 384 g/mol. The Labute approximate surface area is 151 Å². The summed E-state index contributed by atoms with van der Waals surface area (Å²) >= 11 is 0. The van der Waals surface area contributed by atoms with E-state index in [4.69, 9.17) is 9.47 Å². The zero-order valence-corrected chi connectivity index (χ0v) is 14.8. The Morgan fingerprint density at radius 3 is 2.81 bits per heavy atom. The van der Waals surface area contributed by atoms with Gasteiger partial charge < -0.3 is 24.8 Å². The minimum Gasteiger partial charge on any atom is -0.653 e. The van der Waals surface area contributed by atoms with E-state index in [-0.39, 0.29) is 11.5 Å².